The van der Waals surface area contributed by atoms with Crippen molar-refractivity contribution in [2.24, 2.45) is 5.92 Å². The van der Waals surface area contributed by atoms with E-state index in [4.69, 9.17) is 0 Å². The Bertz CT molecular complexity index is 271. The highest BCUT2D eigenvalue weighted by Crippen LogP contribution is 2.17. The molecule has 98 valence electrons. The number of carbonyl (C=O) groups is 2. The van der Waals surface area contributed by atoms with Crippen LogP contribution in [-0.4, -0.2) is 11.9 Å². The van der Waals surface area contributed by atoms with Crippen LogP contribution in [0.5, 0.6) is 0 Å². The molecule has 0 aliphatic rings. The summed E-state index contributed by atoms with van der Waals surface area (Å²) in [5.41, 5.74) is -0.390. The molecule has 0 aliphatic carbocycles. The number of aliphatic carboxylic acids is 2. The first-order valence-corrected chi connectivity index (χ1v) is 6.11. The first-order chi connectivity index (χ1) is 8.00. The van der Waals surface area contributed by atoms with Crippen LogP contribution in [0.2, 0.25) is 0 Å². The quantitative estimate of drug-likeness (QED) is 0.409. The summed E-state index contributed by atoms with van der Waals surface area (Å²) in [6.07, 6.45) is 6.36. The molecule has 0 N–H and O–H groups in total. The Kier molecular flexibility index (Phi) is 8.11. The molecule has 4 nitrogen and oxygen atoms in total. The number of carboxylic acid groups (broad SMARTS) is 2. The molecule has 0 radical (unpaired) electrons. The van der Waals surface area contributed by atoms with Gasteiger partial charge in [0.05, 0.1) is 5.97 Å². The van der Waals surface area contributed by atoms with Crippen molar-refractivity contribution >= 4 is 11.9 Å². The maximum Gasteiger partial charge on any atom is 0.0675 e. The van der Waals surface area contributed by atoms with Crippen LogP contribution in [0.25, 0.3) is 0 Å². The third kappa shape index (κ3) is 6.76. The molecule has 0 rings (SSSR count). The van der Waals surface area contributed by atoms with Gasteiger partial charge < -0.3 is 19.8 Å². The lowest BCUT2D eigenvalue weighted by Crippen LogP contribution is -2.38. The van der Waals surface area contributed by atoms with Gasteiger partial charge in [-0.3, -0.25) is 0 Å². The van der Waals surface area contributed by atoms with Gasteiger partial charge in [-0.15, -0.1) is 0 Å². The van der Waals surface area contributed by atoms with E-state index in [2.05, 4.69) is 13.5 Å². The second-order valence-corrected chi connectivity index (χ2v) is 4.24. The lowest BCUT2D eigenvalue weighted by molar-refractivity contribution is -0.315. The SMILES string of the molecule is C=C(C(=O)[O-])C(CCCCCCCC)C(=O)[O-]. The van der Waals surface area contributed by atoms with Crippen LogP contribution >= 0.6 is 0 Å². The van der Waals surface area contributed by atoms with Gasteiger partial charge in [-0.25, -0.2) is 0 Å². The third-order valence-corrected chi connectivity index (χ3v) is 2.81. The highest BCUT2D eigenvalue weighted by atomic mass is 16.4. The molecule has 0 heterocycles. The van der Waals surface area contributed by atoms with E-state index in [1.165, 1.54) is 6.42 Å². The highest BCUT2D eigenvalue weighted by molar-refractivity contribution is 5.91. The van der Waals surface area contributed by atoms with Gasteiger partial charge in [0.2, 0.25) is 0 Å². The summed E-state index contributed by atoms with van der Waals surface area (Å²) in [6.45, 7) is 5.34. The van der Waals surface area contributed by atoms with E-state index in [1.807, 2.05) is 0 Å². The Labute approximate surface area is 102 Å². The van der Waals surface area contributed by atoms with E-state index >= 15 is 0 Å². The van der Waals surface area contributed by atoms with Crippen LogP contribution in [-0.2, 0) is 9.59 Å². The Hall–Kier alpha value is -1.32. The number of rotatable bonds is 10. The minimum Gasteiger partial charge on any atom is -0.549 e. The average molecular weight is 240 g/mol. The van der Waals surface area contributed by atoms with E-state index in [1.54, 1.807) is 0 Å². The Morgan fingerprint density at radius 1 is 1.06 bits per heavy atom. The molecule has 0 aromatic carbocycles. The fraction of sp³-hybridized carbons (Fsp3) is 0.692. The van der Waals surface area contributed by atoms with Crippen molar-refractivity contribution in [3.63, 3.8) is 0 Å². The molecule has 0 spiro atoms. The van der Waals surface area contributed by atoms with Gasteiger partial charge in [0.1, 0.15) is 0 Å². The van der Waals surface area contributed by atoms with Crippen molar-refractivity contribution in [3.05, 3.63) is 12.2 Å². The normalized spacial score (nSPS) is 12.1. The maximum absolute atomic E-state index is 10.7. The van der Waals surface area contributed by atoms with Gasteiger partial charge in [0.25, 0.3) is 0 Å². The number of hydrogen-bond donors (Lipinski definition) is 0. The van der Waals surface area contributed by atoms with Gasteiger partial charge in [-0.1, -0.05) is 52.0 Å². The molecule has 0 fully saturated rings. The summed E-state index contributed by atoms with van der Waals surface area (Å²) >= 11 is 0. The van der Waals surface area contributed by atoms with E-state index in [9.17, 15) is 19.8 Å². The Morgan fingerprint density at radius 3 is 2.06 bits per heavy atom. The summed E-state index contributed by atoms with van der Waals surface area (Å²) in [6, 6.07) is 0. The largest absolute Gasteiger partial charge is 0.549 e. The molecule has 0 aliphatic heterocycles. The zero-order chi connectivity index (χ0) is 13.3. The molecule has 0 aromatic heterocycles. The molecule has 0 aromatic rings. The summed E-state index contributed by atoms with van der Waals surface area (Å²) in [5, 5.41) is 21.3. The first kappa shape index (κ1) is 15.7. The third-order valence-electron chi connectivity index (χ3n) is 2.81. The molecule has 1 atom stereocenters. The number of carbonyl (C=O) groups excluding carboxylic acids is 2. The van der Waals surface area contributed by atoms with E-state index in [0.29, 0.717) is 6.42 Å². The molecule has 4 heteroatoms. The van der Waals surface area contributed by atoms with Gasteiger partial charge in [-0.05, 0) is 12.0 Å². The van der Waals surface area contributed by atoms with Crippen molar-refractivity contribution in [3.8, 4) is 0 Å². The average Bonchev–Trinajstić information content (AvgIpc) is 2.26. The van der Waals surface area contributed by atoms with Crippen LogP contribution in [0.3, 0.4) is 0 Å². The molecule has 0 amide bonds. The zero-order valence-corrected chi connectivity index (χ0v) is 10.4. The molecule has 1 unspecified atom stereocenters. The molecular weight excluding hydrogens is 220 g/mol. The summed E-state index contributed by atoms with van der Waals surface area (Å²) in [5.74, 6) is -4.01. The smallest absolute Gasteiger partial charge is 0.0675 e. The summed E-state index contributed by atoms with van der Waals surface area (Å²) in [4.78, 5) is 21.3. The number of unbranched alkanes of at least 4 members (excludes halogenated alkanes) is 5. The fourth-order valence-electron chi connectivity index (χ4n) is 1.71. The minimum absolute atomic E-state index is 0.265. The predicted molar refractivity (Wildman–Crippen MR) is 60.6 cm³/mol. The van der Waals surface area contributed by atoms with Crippen molar-refractivity contribution < 1.29 is 19.8 Å². The van der Waals surface area contributed by atoms with Crippen LogP contribution in [0, 0.1) is 5.92 Å². The van der Waals surface area contributed by atoms with E-state index < -0.39 is 23.4 Å². The standard InChI is InChI=1S/C13H22O4/c1-3-4-5-6-7-8-9-11(13(16)17)10(2)12(14)15/h11H,2-9H2,1H3,(H,14,15)(H,16,17)/p-2. The minimum atomic E-state index is -1.51. The molecular formula is C13H20O4-2. The first-order valence-electron chi connectivity index (χ1n) is 6.11. The second-order valence-electron chi connectivity index (χ2n) is 4.24. The zero-order valence-electron chi connectivity index (χ0n) is 10.4. The van der Waals surface area contributed by atoms with Crippen LogP contribution in [0.15, 0.2) is 12.2 Å². The number of hydrogen-bond acceptors (Lipinski definition) is 4. The summed E-state index contributed by atoms with van der Waals surface area (Å²) in [7, 11) is 0. The Morgan fingerprint density at radius 2 is 1.59 bits per heavy atom. The fourth-order valence-corrected chi connectivity index (χ4v) is 1.71. The van der Waals surface area contributed by atoms with Crippen molar-refractivity contribution in [2.75, 3.05) is 0 Å². The van der Waals surface area contributed by atoms with Crippen molar-refractivity contribution in [1.29, 1.82) is 0 Å². The Balaban J connectivity index is 3.91. The number of carboxylic acids is 2. The maximum atomic E-state index is 10.7. The van der Waals surface area contributed by atoms with E-state index in [-0.39, 0.29) is 6.42 Å². The topological polar surface area (TPSA) is 80.3 Å². The van der Waals surface area contributed by atoms with Crippen LogP contribution in [0.4, 0.5) is 0 Å². The highest BCUT2D eigenvalue weighted by Gasteiger charge is 2.14. The van der Waals surface area contributed by atoms with Crippen LogP contribution in [0.1, 0.15) is 51.9 Å². The second kappa shape index (κ2) is 8.79. The molecule has 0 saturated carbocycles. The summed E-state index contributed by atoms with van der Waals surface area (Å²) < 4.78 is 0. The molecule has 0 saturated heterocycles. The molecule has 17 heavy (non-hydrogen) atoms. The van der Waals surface area contributed by atoms with Gasteiger partial charge in [0, 0.05) is 11.9 Å². The molecule has 0 bridgehead atoms. The monoisotopic (exact) mass is 240 g/mol. The van der Waals surface area contributed by atoms with Crippen LogP contribution < -0.4 is 10.2 Å². The van der Waals surface area contributed by atoms with Crippen molar-refractivity contribution in [1.82, 2.24) is 0 Å². The lowest BCUT2D eigenvalue weighted by Gasteiger charge is -2.21. The van der Waals surface area contributed by atoms with Gasteiger partial charge in [-0.2, -0.15) is 0 Å². The lowest BCUT2D eigenvalue weighted by atomic mass is 9.94. The van der Waals surface area contributed by atoms with Gasteiger partial charge >= 0.3 is 0 Å². The van der Waals surface area contributed by atoms with E-state index in [0.717, 1.165) is 25.7 Å². The van der Waals surface area contributed by atoms with Crippen molar-refractivity contribution in [2.45, 2.75) is 51.9 Å². The predicted octanol–water partition coefficient (Wildman–Crippen LogP) is 0.409. The van der Waals surface area contributed by atoms with Gasteiger partial charge in [0.15, 0.2) is 0 Å².